The van der Waals surface area contributed by atoms with Crippen LogP contribution in [-0.4, -0.2) is 50.6 Å². The summed E-state index contributed by atoms with van der Waals surface area (Å²) in [6.45, 7) is 2.62. The van der Waals surface area contributed by atoms with E-state index in [2.05, 4.69) is 23.8 Å². The van der Waals surface area contributed by atoms with Gasteiger partial charge in [-0.3, -0.25) is 9.79 Å². The Morgan fingerprint density at radius 1 is 1.20 bits per heavy atom. The van der Waals surface area contributed by atoms with E-state index in [9.17, 15) is 20.1 Å². The number of aliphatic hydroxyl groups excluding tert-OH is 2. The summed E-state index contributed by atoms with van der Waals surface area (Å²) in [5, 5.41) is 31.9. The van der Waals surface area contributed by atoms with Crippen molar-refractivity contribution in [2.24, 2.45) is 16.5 Å². The number of ether oxygens (including phenoxy) is 1. The number of Topliss-reactive ketones (excluding diaryl/α,β-unsaturated/α-hetero) is 1. The van der Waals surface area contributed by atoms with Crippen LogP contribution in [0.2, 0.25) is 0 Å². The zero-order valence-electron chi connectivity index (χ0n) is 25.2. The van der Waals surface area contributed by atoms with Gasteiger partial charge in [0.05, 0.1) is 30.9 Å². The number of nitrogens with two attached hydrogens (primary N) is 2. The molecule has 0 amide bonds. The molecule has 9 nitrogen and oxygen atoms in total. The van der Waals surface area contributed by atoms with E-state index in [0.29, 0.717) is 37.8 Å². The number of hydrogen-bond acceptors (Lipinski definition) is 9. The van der Waals surface area contributed by atoms with E-state index < -0.39 is 24.6 Å². The van der Waals surface area contributed by atoms with Crippen LogP contribution in [0.15, 0.2) is 64.9 Å². The Hall–Kier alpha value is -3.94. The number of aryl methyl sites for hydroxylation is 1. The molecule has 9 heteroatoms. The van der Waals surface area contributed by atoms with Gasteiger partial charge in [-0.15, -0.1) is 0 Å². The third-order valence-corrected chi connectivity index (χ3v) is 8.36. The van der Waals surface area contributed by atoms with E-state index in [1.807, 2.05) is 35.5 Å². The van der Waals surface area contributed by atoms with Gasteiger partial charge < -0.3 is 36.4 Å². The van der Waals surface area contributed by atoms with E-state index in [0.717, 1.165) is 52.8 Å². The highest BCUT2D eigenvalue weighted by atomic mass is 16.5. The van der Waals surface area contributed by atoms with Crippen molar-refractivity contribution in [2.75, 3.05) is 6.54 Å². The molecule has 0 spiro atoms. The monoisotopic (exact) mass is 598 g/mol. The first-order chi connectivity index (χ1) is 21.2. The van der Waals surface area contributed by atoms with Crippen LogP contribution in [0.1, 0.15) is 86.4 Å². The Morgan fingerprint density at radius 2 is 2.05 bits per heavy atom. The van der Waals surface area contributed by atoms with Crippen LogP contribution >= 0.6 is 0 Å². The Kier molecular flexibility index (Phi) is 10.2. The summed E-state index contributed by atoms with van der Waals surface area (Å²) < 4.78 is 6.36. The average Bonchev–Trinajstić information content (AvgIpc) is 3.58. The minimum Gasteiger partial charge on any atom is -0.504 e. The zero-order chi connectivity index (χ0) is 31.2. The summed E-state index contributed by atoms with van der Waals surface area (Å²) in [5.74, 6) is 6.34. The molecule has 0 saturated carbocycles. The number of aromatic hydroxyl groups is 1. The van der Waals surface area contributed by atoms with Crippen molar-refractivity contribution in [2.45, 2.75) is 89.3 Å². The van der Waals surface area contributed by atoms with Gasteiger partial charge in [0.2, 0.25) is 0 Å². The molecule has 3 atom stereocenters. The van der Waals surface area contributed by atoms with Gasteiger partial charge in [-0.05, 0) is 52.8 Å². The van der Waals surface area contributed by atoms with Gasteiger partial charge in [0.1, 0.15) is 11.9 Å². The molecule has 2 aromatic rings. The molecule has 7 N–H and O–H groups in total. The van der Waals surface area contributed by atoms with E-state index >= 15 is 0 Å². The van der Waals surface area contributed by atoms with Crippen LogP contribution < -0.4 is 16.2 Å². The molecule has 0 radical (unpaired) electrons. The second-order valence-electron chi connectivity index (χ2n) is 11.8. The molecule has 2 aromatic carbocycles. The second kappa shape index (κ2) is 14.2. The molecule has 3 aliphatic heterocycles. The molecule has 0 unspecified atom stereocenters. The number of unbranched alkanes of at least 4 members (excludes halogenated alkanes) is 2. The Balaban J connectivity index is 1.32. The normalized spacial score (nSPS) is 19.6. The first-order valence-electron chi connectivity index (χ1n) is 15.4. The molecule has 44 heavy (non-hydrogen) atoms. The number of aliphatic hydroxyl groups is 2. The van der Waals surface area contributed by atoms with Gasteiger partial charge in [0.15, 0.2) is 17.7 Å². The minimum atomic E-state index is -1.02. The fraction of sp³-hybridized carbons (Fsp3) is 0.429. The van der Waals surface area contributed by atoms with E-state index in [1.165, 1.54) is 0 Å². The smallest absolute Gasteiger partial charge is 0.183 e. The Labute approximate surface area is 258 Å². The highest BCUT2D eigenvalue weighted by molar-refractivity contribution is 6.09. The zero-order valence-corrected chi connectivity index (χ0v) is 25.2. The van der Waals surface area contributed by atoms with Gasteiger partial charge in [0, 0.05) is 37.2 Å². The van der Waals surface area contributed by atoms with Crippen LogP contribution in [-0.2, 0) is 17.6 Å². The fourth-order valence-corrected chi connectivity index (χ4v) is 5.81. The van der Waals surface area contributed by atoms with Crippen molar-refractivity contribution >= 4 is 11.5 Å². The Morgan fingerprint density at radius 3 is 2.84 bits per heavy atom. The number of phenols is 1. The van der Waals surface area contributed by atoms with E-state index in [1.54, 1.807) is 18.2 Å². The second-order valence-corrected chi connectivity index (χ2v) is 11.8. The number of allylic oxidation sites excluding steroid dienone is 1. The van der Waals surface area contributed by atoms with Crippen LogP contribution in [0.4, 0.5) is 0 Å². The number of ketones is 1. The maximum Gasteiger partial charge on any atom is 0.183 e. The van der Waals surface area contributed by atoms with Crippen LogP contribution in [0.25, 0.3) is 0 Å². The minimum absolute atomic E-state index is 0.0150. The summed E-state index contributed by atoms with van der Waals surface area (Å²) in [4.78, 5) is 19.2. The topological polar surface area (TPSA) is 155 Å². The molecule has 0 aromatic heterocycles. The molecule has 3 heterocycles. The maximum atomic E-state index is 12.5. The number of carbonyl (C=O) groups excluding carboxylic acids is 1. The summed E-state index contributed by atoms with van der Waals surface area (Å²) in [5.41, 5.74) is 18.0. The van der Waals surface area contributed by atoms with E-state index in [4.69, 9.17) is 16.2 Å². The van der Waals surface area contributed by atoms with Crippen molar-refractivity contribution in [3.63, 3.8) is 0 Å². The molecule has 2 bridgehead atoms. The molecule has 232 valence electrons. The lowest BCUT2D eigenvalue weighted by Gasteiger charge is -2.27. The third kappa shape index (κ3) is 7.58. The first-order valence-corrected chi connectivity index (χ1v) is 15.4. The quantitative estimate of drug-likeness (QED) is 0.139. The van der Waals surface area contributed by atoms with Crippen LogP contribution in [0.5, 0.6) is 11.5 Å². The molecule has 3 aliphatic rings. The molecule has 0 saturated heterocycles. The van der Waals surface area contributed by atoms with E-state index in [-0.39, 0.29) is 30.1 Å². The molecular formula is C35H42N4O5. The maximum absolute atomic E-state index is 12.5. The average molecular weight is 599 g/mol. The van der Waals surface area contributed by atoms with Crippen molar-refractivity contribution < 1.29 is 24.9 Å². The van der Waals surface area contributed by atoms with Gasteiger partial charge in [0.25, 0.3) is 0 Å². The number of carbonyl (C=O) groups is 1. The molecule has 5 rings (SSSR count). The van der Waals surface area contributed by atoms with Crippen LogP contribution in [0.3, 0.4) is 0 Å². The number of phenolic OH excluding ortho intramolecular Hbond substituents is 1. The third-order valence-electron chi connectivity index (χ3n) is 8.36. The van der Waals surface area contributed by atoms with Gasteiger partial charge >= 0.3 is 0 Å². The number of hydrogen-bond donors (Lipinski definition) is 5. The molecule has 0 fully saturated rings. The van der Waals surface area contributed by atoms with Gasteiger partial charge in [-0.1, -0.05) is 62.3 Å². The number of fused-ring (bicyclic) bond motifs is 2. The highest BCUT2D eigenvalue weighted by Gasteiger charge is 2.32. The lowest BCUT2D eigenvalue weighted by molar-refractivity contribution is -0.121. The summed E-state index contributed by atoms with van der Waals surface area (Å²) in [6, 6.07) is 10.7. The summed E-state index contributed by atoms with van der Waals surface area (Å²) in [7, 11) is 0. The SMILES string of the molecule is CCCCC[C@@H](O)CC(=O)CCc1ccc(O)c(O[C@H]2CC#C[C@H](O)c3ccc(C(N)N)cc3CC3=CN=C4CN2C=C34)c1. The summed E-state index contributed by atoms with van der Waals surface area (Å²) >= 11 is 0. The van der Waals surface area contributed by atoms with Gasteiger partial charge in [-0.2, -0.15) is 0 Å². The molecular weight excluding hydrogens is 556 g/mol. The Bertz CT molecular complexity index is 1530. The standard InChI is InChI=1S/C35H42N4O5/c1-2-3-4-6-26(40)18-27(41)12-9-22-10-14-32(43)33(15-22)44-34-8-5-7-31(42)28-13-11-23(35(36)37)16-24(28)17-25-19-38-30-21-39(34)20-29(25)30/h10-11,13-16,19-20,26,31,34-35,40,42-43H,2-4,6,8-9,12,17-18,21,36-37H2,1H3/t26-,31+,34+/m1/s1. The molecule has 0 aliphatic carbocycles. The van der Waals surface area contributed by atoms with Crippen molar-refractivity contribution in [1.82, 2.24) is 4.90 Å². The van der Waals surface area contributed by atoms with Crippen molar-refractivity contribution in [1.29, 1.82) is 0 Å². The lowest BCUT2D eigenvalue weighted by atomic mass is 9.91. The van der Waals surface area contributed by atoms with Gasteiger partial charge in [-0.25, -0.2) is 0 Å². The number of rotatable bonds is 12. The van der Waals surface area contributed by atoms with Crippen LogP contribution in [0, 0.1) is 11.8 Å². The first kappa shape index (κ1) is 31.5. The van der Waals surface area contributed by atoms with Crippen molar-refractivity contribution in [3.8, 4) is 23.3 Å². The lowest BCUT2D eigenvalue weighted by Crippen LogP contribution is -2.35. The number of benzene rings is 2. The number of nitrogens with zero attached hydrogens (tertiary/aromatic N) is 2. The largest absolute Gasteiger partial charge is 0.504 e. The highest BCUT2D eigenvalue weighted by Crippen LogP contribution is 2.35. The predicted molar refractivity (Wildman–Crippen MR) is 170 cm³/mol. The van der Waals surface area contributed by atoms with Crippen molar-refractivity contribution in [3.05, 3.63) is 82.2 Å². The fourth-order valence-electron chi connectivity index (χ4n) is 5.81. The summed E-state index contributed by atoms with van der Waals surface area (Å²) in [6.07, 6.45) is 6.49. The predicted octanol–water partition coefficient (Wildman–Crippen LogP) is 4.07. The number of aliphatic imine (C=N–C) groups is 1.